The smallest absolute Gasteiger partial charge is 0.410 e. The number of amides is 4. The van der Waals surface area contributed by atoms with Crippen molar-refractivity contribution in [3.63, 3.8) is 0 Å². The Kier molecular flexibility index (Phi) is 20.1. The average molecular weight is 1290 g/mol. The van der Waals surface area contributed by atoms with Gasteiger partial charge in [0.25, 0.3) is 5.91 Å². The molecule has 1 atom stereocenters. The lowest BCUT2D eigenvalue weighted by molar-refractivity contribution is -0.134. The Morgan fingerprint density at radius 1 is 0.663 bits per heavy atom. The number of piperidine rings is 1. The number of carbonyl (C=O) groups is 4. The van der Waals surface area contributed by atoms with Crippen LogP contribution >= 0.6 is 0 Å². The summed E-state index contributed by atoms with van der Waals surface area (Å²) < 4.78 is 38.7. The van der Waals surface area contributed by atoms with Crippen LogP contribution in [0.4, 0.5) is 22.0 Å². The number of rotatable bonds is 18. The Hall–Kier alpha value is -10.2. The summed E-state index contributed by atoms with van der Waals surface area (Å²) >= 11 is 0. The summed E-state index contributed by atoms with van der Waals surface area (Å²) in [6.07, 6.45) is 10.3. The number of benzene rings is 5. The first kappa shape index (κ1) is 64.9. The molecule has 494 valence electrons. The molecule has 4 aliphatic rings. The molecule has 13 rings (SSSR count). The number of imide groups is 1. The van der Waals surface area contributed by atoms with Crippen LogP contribution in [0.3, 0.4) is 0 Å². The number of pyridine rings is 1. The molecule has 7 heterocycles. The predicted molar refractivity (Wildman–Crippen MR) is 363 cm³/mol. The molecule has 1 aliphatic carbocycles. The number of hydrogen-bond acceptors (Lipinski definition) is 17. The molecule has 0 bridgehead atoms. The van der Waals surface area contributed by atoms with Gasteiger partial charge in [-0.3, -0.25) is 29.3 Å². The maximum Gasteiger partial charge on any atom is 0.410 e. The fraction of sp³-hybridized carbons (Fsp3) is 0.370. The molecule has 3 aliphatic heterocycles. The fourth-order valence-corrected chi connectivity index (χ4v) is 12.9. The predicted octanol–water partition coefficient (Wildman–Crippen LogP) is 11.4. The molecular weight excluding hydrogens is 1200 g/mol. The Morgan fingerprint density at radius 2 is 1.32 bits per heavy atom. The van der Waals surface area contributed by atoms with Gasteiger partial charge in [-0.05, 0) is 112 Å². The molecule has 22 heteroatoms. The monoisotopic (exact) mass is 1290 g/mol. The minimum Gasteiger partial charge on any atom is -0.496 e. The molecule has 0 radical (unpaired) electrons. The molecule has 0 spiro atoms. The zero-order valence-electron chi connectivity index (χ0n) is 54.7. The van der Waals surface area contributed by atoms with Gasteiger partial charge in [-0.25, -0.2) is 9.78 Å². The van der Waals surface area contributed by atoms with E-state index in [1.54, 1.807) is 49.2 Å². The maximum atomic E-state index is 13.4. The van der Waals surface area contributed by atoms with E-state index >= 15 is 0 Å². The SMILES string of the molecule is COc1cc(N2CCN(C(=O)OC(C)(C)C)CC2)ccc1-c1ccc(OCc2ccccc2)nc1OCc1ccccc1.COc1cc2nn(C3CCC(CN4CCN(c5ccc(C6CCC(=O)NC6=O)c(OC)c5)CC4)CC3)cc2cc1C(=O)Nc1cnc2cccnn12. The number of piperazine rings is 2. The molecule has 4 aromatic heterocycles. The number of methoxy groups -OCH3 is 3. The summed E-state index contributed by atoms with van der Waals surface area (Å²) in [5.41, 5.74) is 8.07. The third-order valence-electron chi connectivity index (χ3n) is 17.9. The second kappa shape index (κ2) is 29.4. The van der Waals surface area contributed by atoms with Gasteiger partial charge in [-0.1, -0.05) is 66.7 Å². The van der Waals surface area contributed by atoms with E-state index in [-0.39, 0.29) is 29.7 Å². The van der Waals surface area contributed by atoms with Gasteiger partial charge in [-0.2, -0.15) is 19.7 Å². The first-order chi connectivity index (χ1) is 46.1. The van der Waals surface area contributed by atoms with Crippen molar-refractivity contribution in [2.24, 2.45) is 5.92 Å². The lowest BCUT2D eigenvalue weighted by Gasteiger charge is -2.39. The zero-order valence-corrected chi connectivity index (χ0v) is 54.7. The van der Waals surface area contributed by atoms with Crippen molar-refractivity contribution in [1.82, 2.24) is 44.5 Å². The largest absolute Gasteiger partial charge is 0.496 e. The Labute approximate surface area is 553 Å². The van der Waals surface area contributed by atoms with E-state index in [1.807, 2.05) is 136 Å². The van der Waals surface area contributed by atoms with Gasteiger partial charge < -0.3 is 48.4 Å². The van der Waals surface area contributed by atoms with Crippen LogP contribution < -0.4 is 44.1 Å². The molecular formula is C73H82N12O10. The number of carbonyl (C=O) groups excluding carboxylic acids is 4. The summed E-state index contributed by atoms with van der Waals surface area (Å²) in [6, 6.07) is 43.6. The van der Waals surface area contributed by atoms with E-state index in [0.717, 1.165) is 109 Å². The number of imidazole rings is 1. The minimum atomic E-state index is -0.512. The second-order valence-electron chi connectivity index (χ2n) is 25.4. The maximum absolute atomic E-state index is 13.4. The highest BCUT2D eigenvalue weighted by molar-refractivity contribution is 6.08. The van der Waals surface area contributed by atoms with Gasteiger partial charge in [0.1, 0.15) is 36.1 Å². The summed E-state index contributed by atoms with van der Waals surface area (Å²) in [7, 11) is 4.86. The number of ether oxygens (including phenoxy) is 6. The van der Waals surface area contributed by atoms with E-state index in [9.17, 15) is 19.2 Å². The molecule has 95 heavy (non-hydrogen) atoms. The van der Waals surface area contributed by atoms with Crippen molar-refractivity contribution in [2.75, 3.05) is 95.3 Å². The van der Waals surface area contributed by atoms with E-state index in [4.69, 9.17) is 38.5 Å². The van der Waals surface area contributed by atoms with Gasteiger partial charge in [0.2, 0.25) is 23.6 Å². The minimum absolute atomic E-state index is 0.214. The van der Waals surface area contributed by atoms with Crippen molar-refractivity contribution in [1.29, 1.82) is 0 Å². The molecule has 1 saturated carbocycles. The van der Waals surface area contributed by atoms with Crippen LogP contribution in [0.15, 0.2) is 152 Å². The van der Waals surface area contributed by atoms with Crippen LogP contribution in [0.25, 0.3) is 27.7 Å². The summed E-state index contributed by atoms with van der Waals surface area (Å²) in [5, 5.41) is 15.5. The van der Waals surface area contributed by atoms with Crippen LogP contribution in [0.1, 0.15) is 98.3 Å². The highest BCUT2D eigenvalue weighted by atomic mass is 16.6. The number of nitrogens with zero attached hydrogens (tertiary/aromatic N) is 10. The number of aromatic nitrogens is 6. The van der Waals surface area contributed by atoms with E-state index in [0.29, 0.717) is 110 Å². The van der Waals surface area contributed by atoms with Crippen molar-refractivity contribution >= 4 is 57.6 Å². The Bertz CT molecular complexity index is 4150. The van der Waals surface area contributed by atoms with Gasteiger partial charge in [-0.15, -0.1) is 0 Å². The second-order valence-corrected chi connectivity index (χ2v) is 25.4. The van der Waals surface area contributed by atoms with E-state index in [1.165, 1.54) is 0 Å². The standard InChI is InChI=1S/C38H43N9O5.C35H39N3O5/c1-51-32-19-27(9-10-28(32)29-11-12-36(48)42-37(29)49)45-16-14-44(15-17-45)22-24-5-7-26(8-6-24)46-23-25-18-30(33(52-2)20-31(25)43-46)38(50)41-35-21-39-34-4-3-13-40-47(34)35;1-35(2,3)43-34(39)38-21-19-37(20-22-38)28-15-16-29(31(23-28)40-4)30-17-18-32(41-24-26-11-7-5-8-12-26)36-33(30)42-25-27-13-9-6-10-14-27/h3-4,9-10,13,18-21,23-24,26,29H,5-8,11-12,14-17,22H2,1-2H3,(H,41,50)(H,42,48,49);5-18,23H,19-22,24-25H2,1-4H3. The lowest BCUT2D eigenvalue weighted by Crippen LogP contribution is -2.50. The number of fused-ring (bicyclic) bond motifs is 2. The first-order valence-electron chi connectivity index (χ1n) is 32.6. The van der Waals surface area contributed by atoms with Crippen LogP contribution in [-0.2, 0) is 27.5 Å². The van der Waals surface area contributed by atoms with Crippen LogP contribution in [-0.4, -0.2) is 149 Å². The summed E-state index contributed by atoms with van der Waals surface area (Å²) in [5.74, 6) is 2.79. The molecule has 2 N–H and O–H groups in total. The van der Waals surface area contributed by atoms with Crippen molar-refractivity contribution in [3.05, 3.63) is 174 Å². The van der Waals surface area contributed by atoms with Crippen molar-refractivity contribution in [2.45, 2.75) is 90.1 Å². The van der Waals surface area contributed by atoms with Gasteiger partial charge in [0, 0.05) is 135 Å². The quantitative estimate of drug-likeness (QED) is 0.0762. The number of nitrogens with one attached hydrogen (secondary N) is 2. The highest BCUT2D eigenvalue weighted by Crippen LogP contribution is 2.41. The van der Waals surface area contributed by atoms with Crippen LogP contribution in [0, 0.1) is 5.92 Å². The Morgan fingerprint density at radius 3 is 1.99 bits per heavy atom. The zero-order chi connectivity index (χ0) is 66.0. The fourth-order valence-electron chi connectivity index (χ4n) is 12.9. The number of hydrogen-bond donors (Lipinski definition) is 2. The van der Waals surface area contributed by atoms with E-state index in [2.05, 4.69) is 58.4 Å². The average Bonchev–Trinajstić information content (AvgIpc) is 1.81. The van der Waals surface area contributed by atoms with Crippen molar-refractivity contribution < 1.29 is 47.6 Å². The molecule has 4 amide bonds. The number of anilines is 3. The molecule has 3 saturated heterocycles. The Balaban J connectivity index is 0.000000186. The van der Waals surface area contributed by atoms with Gasteiger partial charge in [0.05, 0.1) is 50.6 Å². The highest BCUT2D eigenvalue weighted by Gasteiger charge is 2.33. The molecule has 4 fully saturated rings. The van der Waals surface area contributed by atoms with Gasteiger partial charge >= 0.3 is 6.09 Å². The third kappa shape index (κ3) is 15.7. The molecule has 5 aromatic carbocycles. The third-order valence-corrected chi connectivity index (χ3v) is 17.9. The van der Waals surface area contributed by atoms with E-state index < -0.39 is 5.60 Å². The lowest BCUT2D eigenvalue weighted by atomic mass is 9.85. The summed E-state index contributed by atoms with van der Waals surface area (Å²) in [4.78, 5) is 68.0. The molecule has 9 aromatic rings. The normalized spacial score (nSPS) is 17.7. The van der Waals surface area contributed by atoms with Crippen LogP contribution in [0.5, 0.6) is 29.0 Å². The first-order valence-corrected chi connectivity index (χ1v) is 32.6. The molecule has 1 unspecified atom stereocenters. The topological polar surface area (TPSA) is 222 Å². The van der Waals surface area contributed by atoms with Crippen LogP contribution in [0.2, 0.25) is 0 Å². The van der Waals surface area contributed by atoms with Crippen molar-refractivity contribution in [3.8, 4) is 40.1 Å². The van der Waals surface area contributed by atoms with Gasteiger partial charge in [0.15, 0.2) is 11.5 Å². The summed E-state index contributed by atoms with van der Waals surface area (Å²) in [6.45, 7) is 13.9. The molecule has 22 nitrogen and oxygen atoms in total.